The predicted octanol–water partition coefficient (Wildman–Crippen LogP) is 4.69. The number of hydrogen-bond donors (Lipinski definition) is 1. The van der Waals surface area contributed by atoms with Gasteiger partial charge in [0.2, 0.25) is 0 Å². The molecule has 1 aliphatic carbocycles. The molecule has 106 valence electrons. The summed E-state index contributed by atoms with van der Waals surface area (Å²) in [6.07, 6.45) is 3.73. The molecule has 20 heavy (non-hydrogen) atoms. The molecule has 1 heterocycles. The summed E-state index contributed by atoms with van der Waals surface area (Å²) in [5, 5.41) is 3.69. The van der Waals surface area contributed by atoms with Gasteiger partial charge in [0, 0.05) is 17.5 Å². The van der Waals surface area contributed by atoms with Crippen molar-refractivity contribution >= 4 is 27.3 Å². The summed E-state index contributed by atoms with van der Waals surface area (Å²) in [7, 11) is 1.70. The zero-order valence-electron chi connectivity index (χ0n) is 11.5. The third-order valence-corrected chi connectivity index (χ3v) is 5.51. The third-order valence-electron chi connectivity index (χ3n) is 3.80. The Morgan fingerprint density at radius 3 is 2.90 bits per heavy atom. The Morgan fingerprint density at radius 2 is 2.15 bits per heavy atom. The Bertz CT molecular complexity index is 579. The molecule has 0 fully saturated rings. The van der Waals surface area contributed by atoms with Crippen molar-refractivity contribution < 1.29 is 4.74 Å². The van der Waals surface area contributed by atoms with Crippen LogP contribution in [0.2, 0.25) is 0 Å². The van der Waals surface area contributed by atoms with Crippen molar-refractivity contribution in [2.75, 3.05) is 7.11 Å². The monoisotopic (exact) mass is 351 g/mol. The van der Waals surface area contributed by atoms with Crippen LogP contribution < -0.4 is 10.1 Å². The summed E-state index contributed by atoms with van der Waals surface area (Å²) in [5.41, 5.74) is 2.79. The molecule has 0 saturated heterocycles. The minimum atomic E-state index is 0.489. The highest BCUT2D eigenvalue weighted by molar-refractivity contribution is 9.11. The molecule has 2 aromatic rings. The molecule has 0 bridgehead atoms. The van der Waals surface area contributed by atoms with Gasteiger partial charge in [-0.2, -0.15) is 0 Å². The van der Waals surface area contributed by atoms with E-state index in [0.717, 1.165) is 12.3 Å². The summed E-state index contributed by atoms with van der Waals surface area (Å²) in [4.78, 5) is 1.54. The zero-order chi connectivity index (χ0) is 13.9. The van der Waals surface area contributed by atoms with Crippen molar-refractivity contribution in [3.63, 3.8) is 0 Å². The van der Waals surface area contributed by atoms with E-state index in [1.165, 1.54) is 39.1 Å². The van der Waals surface area contributed by atoms with Crippen LogP contribution in [0.25, 0.3) is 0 Å². The first-order valence-corrected chi connectivity index (χ1v) is 8.51. The molecule has 1 atom stereocenters. The normalized spacial score (nSPS) is 17.8. The number of ether oxygens (including phenoxy) is 1. The van der Waals surface area contributed by atoms with Gasteiger partial charge in [-0.15, -0.1) is 11.3 Å². The Kier molecular flexibility index (Phi) is 4.44. The number of aryl methyl sites for hydroxylation is 1. The van der Waals surface area contributed by atoms with Crippen molar-refractivity contribution in [2.45, 2.75) is 31.8 Å². The van der Waals surface area contributed by atoms with Gasteiger partial charge >= 0.3 is 0 Å². The highest BCUT2D eigenvalue weighted by Gasteiger charge is 2.22. The quantitative estimate of drug-likeness (QED) is 0.862. The van der Waals surface area contributed by atoms with E-state index in [2.05, 4.69) is 39.4 Å². The Balaban J connectivity index is 1.66. The van der Waals surface area contributed by atoms with Gasteiger partial charge in [-0.05, 0) is 64.5 Å². The molecule has 0 spiro atoms. The number of rotatable bonds is 4. The van der Waals surface area contributed by atoms with Crippen LogP contribution in [0.15, 0.2) is 34.1 Å². The summed E-state index contributed by atoms with van der Waals surface area (Å²) >= 11 is 5.49. The number of benzene rings is 1. The second-order valence-corrected chi connectivity index (χ2v) is 7.62. The van der Waals surface area contributed by atoms with Crippen LogP contribution in [0.4, 0.5) is 0 Å². The SMILES string of the molecule is COc1ccc(CNC2CCCc3sc(Br)cc32)cc1. The van der Waals surface area contributed by atoms with Gasteiger partial charge in [0.15, 0.2) is 0 Å². The lowest BCUT2D eigenvalue weighted by atomic mass is 9.94. The van der Waals surface area contributed by atoms with Crippen molar-refractivity contribution in [2.24, 2.45) is 0 Å². The zero-order valence-corrected chi connectivity index (χ0v) is 13.9. The predicted molar refractivity (Wildman–Crippen MR) is 87.5 cm³/mol. The molecule has 4 heteroatoms. The van der Waals surface area contributed by atoms with Crippen LogP contribution in [0.1, 0.15) is 34.9 Å². The van der Waals surface area contributed by atoms with Crippen molar-refractivity contribution in [3.05, 3.63) is 50.1 Å². The molecule has 1 aliphatic rings. The molecular weight excluding hydrogens is 334 g/mol. The lowest BCUT2D eigenvalue weighted by Gasteiger charge is -2.23. The lowest BCUT2D eigenvalue weighted by molar-refractivity contribution is 0.414. The van der Waals surface area contributed by atoms with E-state index in [-0.39, 0.29) is 0 Å². The fourth-order valence-corrected chi connectivity index (χ4v) is 4.54. The summed E-state index contributed by atoms with van der Waals surface area (Å²) < 4.78 is 6.44. The van der Waals surface area contributed by atoms with E-state index in [4.69, 9.17) is 4.74 Å². The summed E-state index contributed by atoms with van der Waals surface area (Å²) in [5.74, 6) is 0.912. The molecule has 1 aromatic carbocycles. The van der Waals surface area contributed by atoms with Gasteiger partial charge in [-0.3, -0.25) is 0 Å². The molecule has 0 saturated carbocycles. The number of methoxy groups -OCH3 is 1. The van der Waals surface area contributed by atoms with E-state index < -0.39 is 0 Å². The second kappa shape index (κ2) is 6.29. The van der Waals surface area contributed by atoms with Crippen LogP contribution in [-0.4, -0.2) is 7.11 Å². The van der Waals surface area contributed by atoms with E-state index in [1.807, 2.05) is 23.5 Å². The number of nitrogens with one attached hydrogen (secondary N) is 1. The molecule has 3 rings (SSSR count). The van der Waals surface area contributed by atoms with E-state index >= 15 is 0 Å². The van der Waals surface area contributed by atoms with Crippen LogP contribution >= 0.6 is 27.3 Å². The summed E-state index contributed by atoms with van der Waals surface area (Å²) in [6.45, 7) is 0.904. The standard InChI is InChI=1S/C16H18BrNOS/c1-19-12-7-5-11(6-8-12)10-18-14-3-2-4-15-13(14)9-16(17)20-15/h5-9,14,18H,2-4,10H2,1H3. The first kappa shape index (κ1) is 14.1. The lowest BCUT2D eigenvalue weighted by Crippen LogP contribution is -2.23. The molecule has 0 radical (unpaired) electrons. The number of halogens is 1. The first-order valence-electron chi connectivity index (χ1n) is 6.90. The topological polar surface area (TPSA) is 21.3 Å². The van der Waals surface area contributed by atoms with Gasteiger partial charge in [0.25, 0.3) is 0 Å². The molecule has 1 aromatic heterocycles. The fraction of sp³-hybridized carbons (Fsp3) is 0.375. The largest absolute Gasteiger partial charge is 0.497 e. The Hall–Kier alpha value is -0.840. The third kappa shape index (κ3) is 3.08. The maximum Gasteiger partial charge on any atom is 0.118 e. The van der Waals surface area contributed by atoms with Crippen LogP contribution in [-0.2, 0) is 13.0 Å². The Labute approximate surface area is 132 Å². The molecule has 1 unspecified atom stereocenters. The fourth-order valence-electron chi connectivity index (χ4n) is 2.72. The molecule has 2 nitrogen and oxygen atoms in total. The highest BCUT2D eigenvalue weighted by Crippen LogP contribution is 2.38. The second-order valence-electron chi connectivity index (χ2n) is 5.10. The van der Waals surface area contributed by atoms with Gasteiger partial charge in [0.05, 0.1) is 10.9 Å². The van der Waals surface area contributed by atoms with Crippen molar-refractivity contribution in [1.82, 2.24) is 5.32 Å². The van der Waals surface area contributed by atoms with E-state index in [9.17, 15) is 0 Å². The maximum atomic E-state index is 5.19. The maximum absolute atomic E-state index is 5.19. The summed E-state index contributed by atoms with van der Waals surface area (Å²) in [6, 6.07) is 11.1. The van der Waals surface area contributed by atoms with Crippen LogP contribution in [0.5, 0.6) is 5.75 Å². The van der Waals surface area contributed by atoms with Gasteiger partial charge in [-0.25, -0.2) is 0 Å². The van der Waals surface area contributed by atoms with Gasteiger partial charge in [-0.1, -0.05) is 12.1 Å². The average molecular weight is 352 g/mol. The van der Waals surface area contributed by atoms with Crippen LogP contribution in [0.3, 0.4) is 0 Å². The smallest absolute Gasteiger partial charge is 0.118 e. The molecule has 0 aliphatic heterocycles. The van der Waals surface area contributed by atoms with Crippen LogP contribution in [0, 0.1) is 0 Å². The minimum absolute atomic E-state index is 0.489. The van der Waals surface area contributed by atoms with Crippen molar-refractivity contribution in [3.8, 4) is 5.75 Å². The number of fused-ring (bicyclic) bond motifs is 1. The van der Waals surface area contributed by atoms with Gasteiger partial charge < -0.3 is 10.1 Å². The average Bonchev–Trinajstić information content (AvgIpc) is 2.86. The van der Waals surface area contributed by atoms with E-state index in [0.29, 0.717) is 6.04 Å². The number of thiophene rings is 1. The molecule has 0 amide bonds. The molecule has 1 N–H and O–H groups in total. The van der Waals surface area contributed by atoms with Crippen molar-refractivity contribution in [1.29, 1.82) is 0 Å². The Morgan fingerprint density at radius 1 is 1.35 bits per heavy atom. The number of hydrogen-bond acceptors (Lipinski definition) is 3. The highest BCUT2D eigenvalue weighted by atomic mass is 79.9. The minimum Gasteiger partial charge on any atom is -0.497 e. The molecular formula is C16H18BrNOS. The van der Waals surface area contributed by atoms with E-state index in [1.54, 1.807) is 7.11 Å². The van der Waals surface area contributed by atoms with Gasteiger partial charge in [0.1, 0.15) is 5.75 Å². The first-order chi connectivity index (χ1) is 9.76.